The molecule has 0 atom stereocenters. The number of amides is 1. The van der Waals surface area contributed by atoms with Gasteiger partial charge in [0.2, 0.25) is 0 Å². The first kappa shape index (κ1) is 18.1. The van der Waals surface area contributed by atoms with Crippen molar-refractivity contribution < 1.29 is 22.5 Å². The monoisotopic (exact) mass is 381 g/mol. The fourth-order valence-corrected chi connectivity index (χ4v) is 3.31. The van der Waals surface area contributed by atoms with Gasteiger partial charge in [0.05, 0.1) is 11.3 Å². The fourth-order valence-electron chi connectivity index (χ4n) is 2.47. The minimum absolute atomic E-state index is 0.294. The molecular formula is C17H14F3N3O2S. The molecular weight excluding hydrogens is 367 g/mol. The largest absolute Gasteiger partial charge is 0.416 e. The van der Waals surface area contributed by atoms with Gasteiger partial charge in [0.25, 0.3) is 5.91 Å². The van der Waals surface area contributed by atoms with Gasteiger partial charge >= 0.3 is 6.18 Å². The highest BCUT2D eigenvalue weighted by Gasteiger charge is 2.30. The third-order valence-electron chi connectivity index (χ3n) is 3.67. The van der Waals surface area contributed by atoms with E-state index in [4.69, 9.17) is 4.52 Å². The van der Waals surface area contributed by atoms with E-state index in [0.717, 1.165) is 17.0 Å². The number of nitrogens with zero attached hydrogens (tertiary/aromatic N) is 2. The summed E-state index contributed by atoms with van der Waals surface area (Å²) in [6.07, 6.45) is -2.55. The number of anilines is 1. The second-order valence-electron chi connectivity index (χ2n) is 5.66. The molecule has 0 bridgehead atoms. The van der Waals surface area contributed by atoms with Crippen LogP contribution in [-0.4, -0.2) is 16.0 Å². The van der Waals surface area contributed by atoms with Crippen molar-refractivity contribution in [3.63, 3.8) is 0 Å². The van der Waals surface area contributed by atoms with Crippen molar-refractivity contribution in [2.24, 2.45) is 0 Å². The molecule has 0 unspecified atom stereocenters. The number of rotatable bonds is 4. The van der Waals surface area contributed by atoms with Crippen molar-refractivity contribution in [3.8, 4) is 0 Å². The van der Waals surface area contributed by atoms with E-state index < -0.39 is 11.7 Å². The number of benzene rings is 1. The van der Waals surface area contributed by atoms with Crippen molar-refractivity contribution in [2.45, 2.75) is 26.4 Å². The van der Waals surface area contributed by atoms with Crippen molar-refractivity contribution in [1.29, 1.82) is 0 Å². The van der Waals surface area contributed by atoms with E-state index in [-0.39, 0.29) is 5.91 Å². The predicted octanol–water partition coefficient (Wildman–Crippen LogP) is 4.61. The van der Waals surface area contributed by atoms with Gasteiger partial charge in [-0.05, 0) is 25.5 Å². The molecule has 0 aliphatic rings. The van der Waals surface area contributed by atoms with E-state index in [1.165, 1.54) is 23.6 Å². The van der Waals surface area contributed by atoms with Gasteiger partial charge in [-0.15, -0.1) is 11.3 Å². The Morgan fingerprint density at radius 2 is 2.08 bits per heavy atom. The van der Waals surface area contributed by atoms with Crippen LogP contribution in [0.3, 0.4) is 0 Å². The smallest absolute Gasteiger partial charge is 0.361 e. The molecule has 1 N–H and O–H groups in total. The first-order chi connectivity index (χ1) is 12.2. The Hall–Kier alpha value is -2.68. The molecule has 2 heterocycles. The fraction of sp³-hybridized carbons (Fsp3) is 0.235. The SMILES string of the molecule is Cc1noc(C)c1C(=O)Nc1ncc(Cc2cccc(C(F)(F)F)c2)s1. The maximum absolute atomic E-state index is 12.8. The second-order valence-corrected chi connectivity index (χ2v) is 6.78. The molecule has 0 radical (unpaired) electrons. The molecule has 0 saturated heterocycles. The summed E-state index contributed by atoms with van der Waals surface area (Å²) in [7, 11) is 0. The lowest BCUT2D eigenvalue weighted by Gasteiger charge is -2.07. The normalized spacial score (nSPS) is 11.6. The first-order valence-electron chi connectivity index (χ1n) is 7.59. The molecule has 1 amide bonds. The average molecular weight is 381 g/mol. The molecule has 0 aliphatic carbocycles. The summed E-state index contributed by atoms with van der Waals surface area (Å²) in [5, 5.41) is 6.74. The molecule has 26 heavy (non-hydrogen) atoms. The first-order valence-corrected chi connectivity index (χ1v) is 8.41. The standard InChI is InChI=1S/C17H14F3N3O2S/c1-9-14(10(2)25-23-9)15(24)22-16-21-8-13(26-16)7-11-4-3-5-12(6-11)17(18,19)20/h3-6,8H,7H2,1-2H3,(H,21,22,24). The Balaban J connectivity index is 1.72. The summed E-state index contributed by atoms with van der Waals surface area (Å²) in [5.74, 6) is 0.0157. The van der Waals surface area contributed by atoms with E-state index >= 15 is 0 Å². The van der Waals surface area contributed by atoms with Crippen molar-refractivity contribution in [3.05, 3.63) is 63.5 Å². The lowest BCUT2D eigenvalue weighted by atomic mass is 10.1. The van der Waals surface area contributed by atoms with Crippen LogP contribution in [-0.2, 0) is 12.6 Å². The van der Waals surface area contributed by atoms with E-state index in [9.17, 15) is 18.0 Å². The highest BCUT2D eigenvalue weighted by Crippen LogP contribution is 2.30. The van der Waals surface area contributed by atoms with Gasteiger partial charge in [-0.3, -0.25) is 10.1 Å². The number of aromatic nitrogens is 2. The third kappa shape index (κ3) is 3.93. The van der Waals surface area contributed by atoms with E-state index in [1.807, 2.05) is 0 Å². The Kier molecular flexibility index (Phi) is 4.82. The Morgan fingerprint density at radius 1 is 1.31 bits per heavy atom. The number of carbonyl (C=O) groups excluding carboxylic acids is 1. The van der Waals surface area contributed by atoms with Crippen LogP contribution in [0.1, 0.15) is 37.8 Å². The zero-order valence-corrected chi connectivity index (χ0v) is 14.7. The number of hydrogen-bond donors (Lipinski definition) is 1. The lowest BCUT2D eigenvalue weighted by Crippen LogP contribution is -2.13. The van der Waals surface area contributed by atoms with Gasteiger partial charge in [-0.25, -0.2) is 4.98 Å². The highest BCUT2D eigenvalue weighted by atomic mass is 32.1. The van der Waals surface area contributed by atoms with Gasteiger partial charge < -0.3 is 4.52 Å². The zero-order chi connectivity index (χ0) is 18.9. The van der Waals surface area contributed by atoms with E-state index in [2.05, 4.69) is 15.5 Å². The summed E-state index contributed by atoms with van der Waals surface area (Å²) in [6.45, 7) is 3.29. The molecule has 0 fully saturated rings. The molecule has 1 aromatic carbocycles. The van der Waals surface area contributed by atoms with Crippen molar-refractivity contribution in [1.82, 2.24) is 10.1 Å². The Labute approximate surface area is 150 Å². The molecule has 2 aromatic heterocycles. The number of halogens is 3. The Morgan fingerprint density at radius 3 is 2.73 bits per heavy atom. The van der Waals surface area contributed by atoms with Crippen molar-refractivity contribution >= 4 is 22.4 Å². The minimum Gasteiger partial charge on any atom is -0.361 e. The van der Waals surface area contributed by atoms with Crippen LogP contribution < -0.4 is 5.32 Å². The van der Waals surface area contributed by atoms with Gasteiger partial charge in [-0.2, -0.15) is 13.2 Å². The van der Waals surface area contributed by atoms with Gasteiger partial charge in [0, 0.05) is 17.5 Å². The molecule has 0 aliphatic heterocycles. The topological polar surface area (TPSA) is 68.0 Å². The van der Waals surface area contributed by atoms with Crippen LogP contribution in [0.25, 0.3) is 0 Å². The molecule has 0 spiro atoms. The average Bonchev–Trinajstić information content (AvgIpc) is 3.13. The zero-order valence-electron chi connectivity index (χ0n) is 13.8. The van der Waals surface area contributed by atoms with Gasteiger partial charge in [0.15, 0.2) is 5.13 Å². The van der Waals surface area contributed by atoms with Gasteiger partial charge in [-0.1, -0.05) is 23.4 Å². The van der Waals surface area contributed by atoms with Crippen LogP contribution in [0, 0.1) is 13.8 Å². The predicted molar refractivity (Wildman–Crippen MR) is 90.3 cm³/mol. The quantitative estimate of drug-likeness (QED) is 0.717. The molecule has 136 valence electrons. The second kappa shape index (κ2) is 6.91. The van der Waals surface area contributed by atoms with Crippen LogP contribution in [0.4, 0.5) is 18.3 Å². The van der Waals surface area contributed by atoms with Crippen LogP contribution >= 0.6 is 11.3 Å². The molecule has 3 aromatic rings. The number of carbonyl (C=O) groups is 1. The van der Waals surface area contributed by atoms with Gasteiger partial charge in [0.1, 0.15) is 11.3 Å². The number of nitrogens with one attached hydrogen (secondary N) is 1. The molecule has 0 saturated carbocycles. The number of hydrogen-bond acceptors (Lipinski definition) is 5. The molecule has 3 rings (SSSR count). The number of alkyl halides is 3. The maximum atomic E-state index is 12.8. The minimum atomic E-state index is -4.38. The summed E-state index contributed by atoms with van der Waals surface area (Å²) in [4.78, 5) is 17.1. The van der Waals surface area contributed by atoms with E-state index in [0.29, 0.717) is 34.1 Å². The van der Waals surface area contributed by atoms with Crippen LogP contribution in [0.5, 0.6) is 0 Å². The number of thiazole rings is 1. The molecule has 5 nitrogen and oxygen atoms in total. The third-order valence-corrected chi connectivity index (χ3v) is 4.58. The maximum Gasteiger partial charge on any atom is 0.416 e. The molecule has 9 heteroatoms. The lowest BCUT2D eigenvalue weighted by molar-refractivity contribution is -0.137. The highest BCUT2D eigenvalue weighted by molar-refractivity contribution is 7.15. The van der Waals surface area contributed by atoms with E-state index in [1.54, 1.807) is 19.9 Å². The summed E-state index contributed by atoms with van der Waals surface area (Å²) in [5.41, 5.74) is 0.652. The Bertz CT molecular complexity index is 927. The van der Waals surface area contributed by atoms with Crippen molar-refractivity contribution in [2.75, 3.05) is 5.32 Å². The summed E-state index contributed by atoms with van der Waals surface area (Å²) >= 11 is 1.20. The van der Waals surface area contributed by atoms with Crippen LogP contribution in [0.15, 0.2) is 35.0 Å². The number of aryl methyl sites for hydroxylation is 2. The van der Waals surface area contributed by atoms with Crippen LogP contribution in [0.2, 0.25) is 0 Å². The summed E-state index contributed by atoms with van der Waals surface area (Å²) < 4.78 is 43.3. The summed E-state index contributed by atoms with van der Waals surface area (Å²) in [6, 6.07) is 5.14.